The number of esters is 1. The van der Waals surface area contributed by atoms with Crippen LogP contribution in [0.15, 0.2) is 60.7 Å². The van der Waals surface area contributed by atoms with E-state index in [0.29, 0.717) is 24.0 Å². The van der Waals surface area contributed by atoms with Crippen LogP contribution in [0.1, 0.15) is 119 Å². The van der Waals surface area contributed by atoms with Gasteiger partial charge in [0, 0.05) is 53.5 Å². The molecule has 2 aromatic rings. The Kier molecular flexibility index (Phi) is 24.3. The molecule has 2 aromatic carbocycles. The number of hydrogen-bond acceptors (Lipinski definition) is 11. The van der Waals surface area contributed by atoms with E-state index in [4.69, 9.17) is 4.74 Å². The molecule has 0 bridgehead atoms. The highest BCUT2D eigenvalue weighted by Crippen LogP contribution is 2.27. The number of fused-ring (bicyclic) bond motifs is 1. The van der Waals surface area contributed by atoms with Crippen molar-refractivity contribution in [2.45, 2.75) is 176 Å². The van der Waals surface area contributed by atoms with Gasteiger partial charge in [-0.2, -0.15) is 0 Å². The van der Waals surface area contributed by atoms with E-state index in [1.165, 1.54) is 49.8 Å². The summed E-state index contributed by atoms with van der Waals surface area (Å²) in [7, 11) is 5.51. The molecule has 0 spiro atoms. The first-order valence-electron chi connectivity index (χ1n) is 28.4. The van der Waals surface area contributed by atoms with Gasteiger partial charge in [-0.15, -0.1) is 0 Å². The number of carbonyl (C=O) groups is 10. The minimum atomic E-state index is -1.83. The lowest BCUT2D eigenvalue weighted by Crippen LogP contribution is -2.62. The number of ether oxygens (including phenoxy) is 1. The summed E-state index contributed by atoms with van der Waals surface area (Å²) in [5.74, 6) is -12.3. The minimum absolute atomic E-state index is 0.0278. The van der Waals surface area contributed by atoms with Gasteiger partial charge in [-0.05, 0) is 67.4 Å². The number of likely N-dealkylation sites (N-methyl/N-ethyl adjacent to an activating group) is 4. The first kappa shape index (κ1) is 65.7. The van der Waals surface area contributed by atoms with E-state index in [1.54, 1.807) is 90.9 Å². The zero-order chi connectivity index (χ0) is 60.0. The fourth-order valence-electron chi connectivity index (χ4n) is 10.9. The highest BCUT2D eigenvalue weighted by molar-refractivity contribution is 5.99. The van der Waals surface area contributed by atoms with Gasteiger partial charge in [-0.1, -0.05) is 136 Å². The number of rotatable bonds is 14. The summed E-state index contributed by atoms with van der Waals surface area (Å²) >= 11 is 0. The second-order valence-electron chi connectivity index (χ2n) is 23.2. The molecule has 2 aliphatic rings. The summed E-state index contributed by atoms with van der Waals surface area (Å²) < 4.78 is 6.03. The molecule has 2 heterocycles. The molecule has 2 saturated heterocycles. The number of carboxylic acids is 1. The average molecular weight is 1120 g/mol. The number of benzene rings is 2. The lowest BCUT2D eigenvalue weighted by Gasteiger charge is -2.38. The van der Waals surface area contributed by atoms with E-state index in [1.807, 2.05) is 39.0 Å². The summed E-state index contributed by atoms with van der Waals surface area (Å²) in [6.07, 6.45) is -0.174. The number of cyclic esters (lactones) is 1. The molecule has 0 aliphatic carbocycles. The van der Waals surface area contributed by atoms with Crippen molar-refractivity contribution < 1.29 is 57.8 Å². The molecule has 20 heteroatoms. The number of nitrogens with one attached hydrogen (secondary N) is 3. The first-order valence-corrected chi connectivity index (χ1v) is 28.4. The predicted molar refractivity (Wildman–Crippen MR) is 302 cm³/mol. The third-order valence-electron chi connectivity index (χ3n) is 16.1. The molecule has 2 aliphatic heterocycles. The van der Waals surface area contributed by atoms with Crippen molar-refractivity contribution in [1.82, 2.24) is 40.4 Å². The van der Waals surface area contributed by atoms with Crippen molar-refractivity contribution >= 4 is 59.2 Å². The van der Waals surface area contributed by atoms with Gasteiger partial charge in [0.25, 0.3) is 5.91 Å². The van der Waals surface area contributed by atoms with Crippen LogP contribution in [0.2, 0.25) is 0 Å². The fraction of sp³-hybridized carbons (Fsp3) is 0.633. The molecule has 0 aromatic heterocycles. The Labute approximate surface area is 473 Å². The van der Waals surface area contributed by atoms with Crippen molar-refractivity contribution in [3.05, 3.63) is 71.8 Å². The lowest BCUT2D eigenvalue weighted by atomic mass is 9.94. The molecular weight excluding hydrogens is 1020 g/mol. The summed E-state index contributed by atoms with van der Waals surface area (Å²) in [5, 5.41) is 19.1. The van der Waals surface area contributed by atoms with Crippen LogP contribution >= 0.6 is 0 Å². The van der Waals surface area contributed by atoms with Crippen LogP contribution in [-0.4, -0.2) is 178 Å². The average Bonchev–Trinajstić information content (AvgIpc) is 4.01. The molecule has 0 unspecified atom stereocenters. The predicted octanol–water partition coefficient (Wildman–Crippen LogP) is 4.32. The maximum Gasteiger partial charge on any atom is 0.330 e. The van der Waals surface area contributed by atoms with Crippen molar-refractivity contribution in [3.8, 4) is 0 Å². The topological polar surface area (TPSA) is 252 Å². The van der Waals surface area contributed by atoms with Gasteiger partial charge >= 0.3 is 11.9 Å². The maximum atomic E-state index is 15.3. The molecule has 12 atom stereocenters. The second-order valence-corrected chi connectivity index (χ2v) is 23.2. The Morgan fingerprint density at radius 3 is 1.54 bits per heavy atom. The largest absolute Gasteiger partial charge is 0.481 e. The van der Waals surface area contributed by atoms with E-state index in [9.17, 15) is 43.5 Å². The van der Waals surface area contributed by atoms with Crippen LogP contribution < -0.4 is 16.0 Å². The molecule has 2 fully saturated rings. The lowest BCUT2D eigenvalue weighted by molar-refractivity contribution is -0.174. The van der Waals surface area contributed by atoms with Crippen LogP contribution in [0.25, 0.3) is 0 Å². The minimum Gasteiger partial charge on any atom is -0.481 e. The fourth-order valence-corrected chi connectivity index (χ4v) is 10.9. The van der Waals surface area contributed by atoms with E-state index >= 15 is 9.59 Å². The molecule has 442 valence electrons. The first-order chi connectivity index (χ1) is 37.6. The van der Waals surface area contributed by atoms with Crippen LogP contribution in [-0.2, 0) is 65.5 Å². The maximum absolute atomic E-state index is 15.3. The zero-order valence-corrected chi connectivity index (χ0v) is 49.8. The normalized spacial score (nSPS) is 26.4. The zero-order valence-electron chi connectivity index (χ0n) is 49.8. The van der Waals surface area contributed by atoms with Crippen molar-refractivity contribution in [2.24, 2.45) is 35.5 Å². The summed E-state index contributed by atoms with van der Waals surface area (Å²) in [6, 6.07) is 7.61. The van der Waals surface area contributed by atoms with E-state index in [0.717, 1.165) is 9.80 Å². The molecule has 8 amide bonds. The molecular formula is C60H90N8O12. The van der Waals surface area contributed by atoms with Gasteiger partial charge in [-0.3, -0.25) is 43.2 Å². The molecule has 0 saturated carbocycles. The van der Waals surface area contributed by atoms with Gasteiger partial charge in [0.2, 0.25) is 41.4 Å². The Bertz CT molecular complexity index is 2490. The molecule has 20 nitrogen and oxygen atoms in total. The van der Waals surface area contributed by atoms with Gasteiger partial charge in [0.15, 0.2) is 6.10 Å². The quantitative estimate of drug-likeness (QED) is 0.193. The number of carbonyl (C=O) groups excluding carboxylic acids is 9. The number of carboxylic acid groups (broad SMARTS) is 1. The van der Waals surface area contributed by atoms with Crippen LogP contribution in [0.3, 0.4) is 0 Å². The van der Waals surface area contributed by atoms with Crippen molar-refractivity contribution in [3.63, 3.8) is 0 Å². The number of aliphatic carboxylic acids is 1. The number of nitrogens with zero attached hydrogens (tertiary/aromatic N) is 5. The Hall–Kier alpha value is -6.86. The Morgan fingerprint density at radius 1 is 0.575 bits per heavy atom. The molecule has 0 radical (unpaired) electrons. The van der Waals surface area contributed by atoms with Crippen molar-refractivity contribution in [1.29, 1.82) is 0 Å². The Balaban J connectivity index is 1.99. The van der Waals surface area contributed by atoms with Gasteiger partial charge in [0.05, 0.1) is 5.92 Å². The number of hydrogen-bond donors (Lipinski definition) is 4. The molecule has 4 N–H and O–H groups in total. The summed E-state index contributed by atoms with van der Waals surface area (Å²) in [5.41, 5.74) is 1.39. The summed E-state index contributed by atoms with van der Waals surface area (Å²) in [4.78, 5) is 153. The number of amides is 8. The van der Waals surface area contributed by atoms with Crippen LogP contribution in [0.5, 0.6) is 0 Å². The molecule has 80 heavy (non-hydrogen) atoms. The third kappa shape index (κ3) is 16.2. The second kappa shape index (κ2) is 29.6. The van der Waals surface area contributed by atoms with Gasteiger partial charge in [0.1, 0.15) is 48.3 Å². The van der Waals surface area contributed by atoms with Gasteiger partial charge in [-0.25, -0.2) is 4.79 Å². The van der Waals surface area contributed by atoms with Gasteiger partial charge < -0.3 is 50.3 Å². The highest BCUT2D eigenvalue weighted by atomic mass is 16.6. The smallest absolute Gasteiger partial charge is 0.330 e. The summed E-state index contributed by atoms with van der Waals surface area (Å²) in [6.45, 7) is 18.9. The Morgan fingerprint density at radius 2 is 1.05 bits per heavy atom. The van der Waals surface area contributed by atoms with E-state index in [-0.39, 0.29) is 44.6 Å². The SMILES string of the molecule is CC[C@@H](C)[C@@H]1NC(=O)[C@@H]2CCCN2C(=O)[C@H](Cc2ccccc2)N(C)C(=O)[C@@H](Cc2ccccc2)NC(=O)[C@@H](C(C)C)N(C)C(=O)[C@H]([C@@H](C)CC)OC(=O)[C@@H]([C@@H](C)C(=O)O)N(C)C(=O)[C@H](CC(C)C)NC(=O)[C@H](C(C)C)N(C)C1=O. The van der Waals surface area contributed by atoms with E-state index < -0.39 is 143 Å². The van der Waals surface area contributed by atoms with Crippen molar-refractivity contribution in [2.75, 3.05) is 34.7 Å². The monoisotopic (exact) mass is 1110 g/mol. The molecule has 4 rings (SSSR count). The van der Waals surface area contributed by atoms with Crippen LogP contribution in [0, 0.1) is 35.5 Å². The third-order valence-corrected chi connectivity index (χ3v) is 16.1. The van der Waals surface area contributed by atoms with E-state index in [2.05, 4.69) is 16.0 Å². The highest BCUT2D eigenvalue weighted by Gasteiger charge is 2.47. The standard InChI is InChI=1S/C60H90N8O12/c1-16-37(9)46-57(75)65(13)47(35(5)6)52(70)61-42(31-34(3)4)55(73)67(15)49(39(11)59(77)78)60(79)80-50(38(10)17-2)58(76)66(14)48(36(7)8)53(71)62-43(32-40-25-20-18-21-26-40)54(72)64(12)45(33-41-27-22-19-23-28-41)56(74)68-30-24-29-44(68)51(69)63-46/h18-23,25-28,34-39,42-50H,16-17,24,29-33H2,1-15H3,(H,61,70)(H,62,71)(H,63,69)(H,77,78)/t37-,38+,39-,42+,43-,44+,45+,46+,47+,48-,49-,50+/m1/s1. The van der Waals surface area contributed by atoms with Crippen LogP contribution in [0.4, 0.5) is 0 Å².